The fourth-order valence-electron chi connectivity index (χ4n) is 3.37. The number of nitrogens with zero attached hydrogens (tertiary/aromatic N) is 1. The summed E-state index contributed by atoms with van der Waals surface area (Å²) in [5, 5.41) is 5.90. The van der Waals surface area contributed by atoms with E-state index in [9.17, 15) is 14.4 Å². The molecule has 0 saturated heterocycles. The smallest absolute Gasteiger partial charge is 0.358 e. The van der Waals surface area contributed by atoms with Crippen LogP contribution in [0, 0.1) is 0 Å². The van der Waals surface area contributed by atoms with Gasteiger partial charge in [0.05, 0.1) is 5.56 Å². The molecule has 0 saturated carbocycles. The Hall–Kier alpha value is -2.75. The van der Waals surface area contributed by atoms with Crippen LogP contribution in [0.2, 0.25) is 5.02 Å². The van der Waals surface area contributed by atoms with Crippen molar-refractivity contribution < 1.29 is 19.1 Å². The lowest BCUT2D eigenvalue weighted by molar-refractivity contribution is -0.119. The molecule has 2 heterocycles. The fraction of sp³-hybridized carbons (Fsp3) is 0.238. The van der Waals surface area contributed by atoms with Crippen LogP contribution in [0.5, 0.6) is 0 Å². The molecule has 0 radical (unpaired) electrons. The third-order valence-electron chi connectivity index (χ3n) is 4.81. The molecule has 10 heteroatoms. The highest BCUT2D eigenvalue weighted by Gasteiger charge is 2.25. The van der Waals surface area contributed by atoms with Crippen LogP contribution in [0.15, 0.2) is 29.6 Å². The zero-order valence-electron chi connectivity index (χ0n) is 16.3. The molecule has 0 bridgehead atoms. The highest BCUT2D eigenvalue weighted by atomic mass is 35.5. The molecule has 0 fully saturated rings. The van der Waals surface area contributed by atoms with Crippen molar-refractivity contribution in [3.8, 4) is 10.6 Å². The number of ether oxygens (including phenoxy) is 1. The first-order valence-electron chi connectivity index (χ1n) is 9.55. The highest BCUT2D eigenvalue weighted by molar-refractivity contribution is 7.17. The maximum Gasteiger partial charge on any atom is 0.358 e. The maximum atomic E-state index is 12.3. The minimum absolute atomic E-state index is 0.118. The fourth-order valence-corrected chi connectivity index (χ4v) is 5.61. The molecule has 1 aromatic carbocycles. The van der Waals surface area contributed by atoms with Gasteiger partial charge in [0.15, 0.2) is 12.3 Å². The number of thiophene rings is 1. The van der Waals surface area contributed by atoms with Crippen LogP contribution in [0.3, 0.4) is 0 Å². The Labute approximate surface area is 191 Å². The van der Waals surface area contributed by atoms with Gasteiger partial charge in [0, 0.05) is 20.8 Å². The van der Waals surface area contributed by atoms with Gasteiger partial charge >= 0.3 is 5.97 Å². The number of anilines is 1. The van der Waals surface area contributed by atoms with Crippen molar-refractivity contribution in [2.24, 2.45) is 5.73 Å². The first-order chi connectivity index (χ1) is 14.9. The summed E-state index contributed by atoms with van der Waals surface area (Å²) in [6.07, 6.45) is 3.67. The Balaban J connectivity index is 1.38. The molecule has 7 nitrogen and oxygen atoms in total. The number of carbonyl (C=O) groups is 3. The summed E-state index contributed by atoms with van der Waals surface area (Å²) < 4.78 is 5.09. The molecule has 1 aliphatic rings. The Morgan fingerprint density at radius 1 is 1.16 bits per heavy atom. The van der Waals surface area contributed by atoms with Gasteiger partial charge in [-0.3, -0.25) is 9.59 Å². The molecule has 0 aliphatic heterocycles. The SMILES string of the molecule is NC(=O)c1c(NC(=O)COC(=O)c2csc(-c3ccc(Cl)cc3)n2)sc2c1CCCC2. The number of rotatable bonds is 6. The normalized spacial score (nSPS) is 12.8. The number of primary amides is 1. The van der Waals surface area contributed by atoms with Gasteiger partial charge < -0.3 is 15.8 Å². The molecule has 3 N–H and O–H groups in total. The number of hydrogen-bond donors (Lipinski definition) is 2. The molecule has 160 valence electrons. The van der Waals surface area contributed by atoms with Crippen molar-refractivity contribution in [3.63, 3.8) is 0 Å². The third-order valence-corrected chi connectivity index (χ3v) is 7.16. The van der Waals surface area contributed by atoms with Crippen molar-refractivity contribution in [2.75, 3.05) is 11.9 Å². The minimum Gasteiger partial charge on any atom is -0.451 e. The first kappa shape index (κ1) is 21.5. The second-order valence-electron chi connectivity index (χ2n) is 6.95. The molecule has 31 heavy (non-hydrogen) atoms. The highest BCUT2D eigenvalue weighted by Crippen LogP contribution is 2.37. The number of aromatic nitrogens is 1. The van der Waals surface area contributed by atoms with Crippen molar-refractivity contribution in [1.82, 2.24) is 4.98 Å². The number of benzene rings is 1. The predicted molar refractivity (Wildman–Crippen MR) is 121 cm³/mol. The summed E-state index contributed by atoms with van der Waals surface area (Å²) in [5.41, 5.74) is 7.77. The van der Waals surface area contributed by atoms with E-state index in [2.05, 4.69) is 10.3 Å². The van der Waals surface area contributed by atoms with Crippen LogP contribution >= 0.6 is 34.3 Å². The summed E-state index contributed by atoms with van der Waals surface area (Å²) in [6, 6.07) is 7.09. The largest absolute Gasteiger partial charge is 0.451 e. The molecule has 3 aromatic rings. The monoisotopic (exact) mass is 475 g/mol. The number of nitrogens with one attached hydrogen (secondary N) is 1. The summed E-state index contributed by atoms with van der Waals surface area (Å²) in [4.78, 5) is 41.9. The minimum atomic E-state index is -0.702. The van der Waals surface area contributed by atoms with E-state index in [1.54, 1.807) is 29.6 Å². The second kappa shape index (κ2) is 9.17. The molecule has 2 aromatic heterocycles. The Bertz CT molecular complexity index is 1150. The average Bonchev–Trinajstić information content (AvgIpc) is 3.37. The zero-order valence-corrected chi connectivity index (χ0v) is 18.7. The van der Waals surface area contributed by atoms with Crippen LogP contribution < -0.4 is 11.1 Å². The van der Waals surface area contributed by atoms with E-state index in [-0.39, 0.29) is 5.69 Å². The Morgan fingerprint density at radius 3 is 2.65 bits per heavy atom. The van der Waals surface area contributed by atoms with Crippen LogP contribution in [0.4, 0.5) is 5.00 Å². The van der Waals surface area contributed by atoms with E-state index in [1.165, 1.54) is 22.7 Å². The molecule has 0 atom stereocenters. The first-order valence-corrected chi connectivity index (χ1v) is 11.6. The van der Waals surface area contributed by atoms with E-state index < -0.39 is 24.4 Å². The molecule has 0 unspecified atom stereocenters. The number of aryl methyl sites for hydroxylation is 1. The lowest BCUT2D eigenvalue weighted by atomic mass is 9.95. The maximum absolute atomic E-state index is 12.3. The van der Waals surface area contributed by atoms with E-state index in [0.29, 0.717) is 20.6 Å². The summed E-state index contributed by atoms with van der Waals surface area (Å²) in [7, 11) is 0. The molecular formula is C21H18ClN3O4S2. The molecule has 1 aliphatic carbocycles. The van der Waals surface area contributed by atoms with E-state index in [4.69, 9.17) is 22.1 Å². The number of carbonyl (C=O) groups excluding carboxylic acids is 3. The van der Waals surface area contributed by atoms with E-state index >= 15 is 0 Å². The molecule has 2 amide bonds. The van der Waals surface area contributed by atoms with Gasteiger partial charge in [0.2, 0.25) is 0 Å². The van der Waals surface area contributed by atoms with Gasteiger partial charge in [0.25, 0.3) is 11.8 Å². The number of halogens is 1. The van der Waals surface area contributed by atoms with Gasteiger partial charge in [-0.25, -0.2) is 9.78 Å². The number of amides is 2. The number of esters is 1. The number of nitrogens with two attached hydrogens (primary N) is 1. The standard InChI is InChI=1S/C21H18ClN3O4S2/c22-12-7-5-11(6-8-12)19-24-14(10-30-19)21(28)29-9-16(26)25-20-17(18(23)27)13-3-1-2-4-15(13)31-20/h5-8,10H,1-4,9H2,(H2,23,27)(H,25,26). The van der Waals surface area contributed by atoms with Crippen molar-refractivity contribution in [2.45, 2.75) is 25.7 Å². The van der Waals surface area contributed by atoms with Crippen LogP contribution in [-0.2, 0) is 22.4 Å². The van der Waals surface area contributed by atoms with Crippen LogP contribution in [0.25, 0.3) is 10.6 Å². The Morgan fingerprint density at radius 2 is 1.90 bits per heavy atom. The van der Waals surface area contributed by atoms with Gasteiger partial charge in [-0.1, -0.05) is 23.7 Å². The molecule has 4 rings (SSSR count). The van der Waals surface area contributed by atoms with Crippen LogP contribution in [0.1, 0.15) is 44.1 Å². The van der Waals surface area contributed by atoms with Gasteiger partial charge in [-0.2, -0.15) is 0 Å². The van der Waals surface area contributed by atoms with Crippen LogP contribution in [-0.4, -0.2) is 29.4 Å². The summed E-state index contributed by atoms with van der Waals surface area (Å²) >= 11 is 8.53. The summed E-state index contributed by atoms with van der Waals surface area (Å²) in [6.45, 7) is -0.493. The lowest BCUT2D eigenvalue weighted by Gasteiger charge is -2.11. The molecule has 0 spiro atoms. The number of thiazole rings is 1. The van der Waals surface area contributed by atoms with Crippen molar-refractivity contribution in [3.05, 3.63) is 56.4 Å². The van der Waals surface area contributed by atoms with Gasteiger partial charge in [0.1, 0.15) is 10.0 Å². The number of fused-ring (bicyclic) bond motifs is 1. The quantitative estimate of drug-likeness (QED) is 0.516. The third kappa shape index (κ3) is 4.79. The van der Waals surface area contributed by atoms with Gasteiger partial charge in [-0.05, 0) is 43.4 Å². The number of hydrogen-bond acceptors (Lipinski definition) is 7. The van der Waals surface area contributed by atoms with Gasteiger partial charge in [-0.15, -0.1) is 22.7 Å². The predicted octanol–water partition coefficient (Wildman–Crippen LogP) is 4.30. The van der Waals surface area contributed by atoms with Crippen molar-refractivity contribution in [1.29, 1.82) is 0 Å². The molecular weight excluding hydrogens is 458 g/mol. The average molecular weight is 476 g/mol. The topological polar surface area (TPSA) is 111 Å². The van der Waals surface area contributed by atoms with E-state index in [1.807, 2.05) is 0 Å². The van der Waals surface area contributed by atoms with E-state index in [0.717, 1.165) is 41.7 Å². The zero-order chi connectivity index (χ0) is 22.0. The summed E-state index contributed by atoms with van der Waals surface area (Å²) in [5.74, 6) is -1.81. The Kier molecular flexibility index (Phi) is 6.35. The second-order valence-corrected chi connectivity index (χ2v) is 9.35. The lowest BCUT2D eigenvalue weighted by Crippen LogP contribution is -2.23. The van der Waals surface area contributed by atoms with Crippen molar-refractivity contribution >= 4 is 57.1 Å².